The number of hydrogen-bond acceptors (Lipinski definition) is 2. The van der Waals surface area contributed by atoms with Gasteiger partial charge in [0.25, 0.3) is 0 Å². The van der Waals surface area contributed by atoms with Crippen LogP contribution in [0.5, 0.6) is 0 Å². The van der Waals surface area contributed by atoms with Crippen LogP contribution in [0.3, 0.4) is 0 Å². The Kier molecular flexibility index (Phi) is 6.32. The van der Waals surface area contributed by atoms with Crippen LogP contribution in [0.1, 0.15) is 24.8 Å². The van der Waals surface area contributed by atoms with E-state index >= 15 is 0 Å². The number of nitrogens with zero attached hydrogens (tertiary/aromatic N) is 1. The molecule has 5 heteroatoms. The Morgan fingerprint density at radius 2 is 2.06 bits per heavy atom. The SMILES string of the molecule is CC(=O)N(O)CC1CC1c1ccc(Br)cc1.[KH]. The van der Waals surface area contributed by atoms with E-state index in [0.29, 0.717) is 18.4 Å². The van der Waals surface area contributed by atoms with Crippen LogP contribution in [0, 0.1) is 5.92 Å². The third-order valence-corrected chi connectivity index (χ3v) is 3.52. The van der Waals surface area contributed by atoms with Crippen molar-refractivity contribution in [3.8, 4) is 0 Å². The molecule has 0 aromatic heterocycles. The van der Waals surface area contributed by atoms with Crippen molar-refractivity contribution in [3.05, 3.63) is 34.3 Å². The molecule has 3 nitrogen and oxygen atoms in total. The number of carbonyl (C=O) groups is 1. The van der Waals surface area contributed by atoms with Crippen molar-refractivity contribution in [2.45, 2.75) is 19.3 Å². The summed E-state index contributed by atoms with van der Waals surface area (Å²) in [7, 11) is 0. The molecule has 1 aliphatic carbocycles. The van der Waals surface area contributed by atoms with Crippen LogP contribution >= 0.6 is 15.9 Å². The van der Waals surface area contributed by atoms with Crippen LogP contribution in [-0.4, -0.2) is 74.1 Å². The molecule has 1 saturated carbocycles. The molecule has 2 unspecified atom stereocenters. The first-order valence-electron chi connectivity index (χ1n) is 5.30. The van der Waals surface area contributed by atoms with Crippen molar-refractivity contribution in [3.63, 3.8) is 0 Å². The molecule has 88 valence electrons. The van der Waals surface area contributed by atoms with Crippen LogP contribution in [0.4, 0.5) is 0 Å². The van der Waals surface area contributed by atoms with Crippen LogP contribution in [0.25, 0.3) is 0 Å². The number of carbonyl (C=O) groups excluding carboxylic acids is 1. The zero-order chi connectivity index (χ0) is 11.7. The van der Waals surface area contributed by atoms with E-state index < -0.39 is 0 Å². The van der Waals surface area contributed by atoms with Gasteiger partial charge >= 0.3 is 51.4 Å². The van der Waals surface area contributed by atoms with E-state index in [9.17, 15) is 10.0 Å². The zero-order valence-corrected chi connectivity index (χ0v) is 10.6. The summed E-state index contributed by atoms with van der Waals surface area (Å²) in [5.41, 5.74) is 1.28. The van der Waals surface area contributed by atoms with E-state index in [-0.39, 0.29) is 57.3 Å². The van der Waals surface area contributed by atoms with Gasteiger partial charge in [-0.05, 0) is 36.0 Å². The van der Waals surface area contributed by atoms with E-state index in [2.05, 4.69) is 28.1 Å². The predicted molar refractivity (Wildman–Crippen MR) is 71.3 cm³/mol. The third-order valence-electron chi connectivity index (χ3n) is 2.99. The molecule has 17 heavy (non-hydrogen) atoms. The molecule has 0 heterocycles. The van der Waals surface area contributed by atoms with Crippen molar-refractivity contribution in [1.82, 2.24) is 5.06 Å². The number of hydroxylamine groups is 2. The standard InChI is InChI=1S/C12H14BrNO2.K.H/c1-8(15)14(16)7-10-6-12(10)9-2-4-11(13)5-3-9;;/h2-5,10,12,16H,6-7H2,1H3;;. The van der Waals surface area contributed by atoms with Gasteiger partial charge in [-0.2, -0.15) is 0 Å². The molecule has 1 fully saturated rings. The summed E-state index contributed by atoms with van der Waals surface area (Å²) >= 11 is 3.40. The van der Waals surface area contributed by atoms with Crippen molar-refractivity contribution in [1.29, 1.82) is 0 Å². The average molecular weight is 324 g/mol. The fourth-order valence-corrected chi connectivity index (χ4v) is 2.18. The van der Waals surface area contributed by atoms with Crippen LogP contribution in [0.15, 0.2) is 28.7 Å². The van der Waals surface area contributed by atoms with Gasteiger partial charge < -0.3 is 0 Å². The second-order valence-electron chi connectivity index (χ2n) is 4.25. The molecule has 1 aromatic carbocycles. The molecule has 1 aliphatic rings. The first kappa shape index (κ1) is 15.8. The normalized spacial score (nSPS) is 21.6. The first-order chi connectivity index (χ1) is 7.58. The van der Waals surface area contributed by atoms with E-state index in [1.807, 2.05) is 12.1 Å². The average Bonchev–Trinajstić information content (AvgIpc) is 2.98. The van der Waals surface area contributed by atoms with Gasteiger partial charge in [0.1, 0.15) is 0 Å². The van der Waals surface area contributed by atoms with E-state index in [1.165, 1.54) is 12.5 Å². The molecule has 2 rings (SSSR count). The third kappa shape index (κ3) is 4.42. The van der Waals surface area contributed by atoms with Crippen LogP contribution in [-0.2, 0) is 4.79 Å². The van der Waals surface area contributed by atoms with Crippen molar-refractivity contribution in [2.75, 3.05) is 6.54 Å². The minimum atomic E-state index is -0.290. The molecule has 0 bridgehead atoms. The molecular formula is C12H15BrKNO2. The summed E-state index contributed by atoms with van der Waals surface area (Å²) in [6.45, 7) is 1.81. The number of hydrogen-bond donors (Lipinski definition) is 1. The summed E-state index contributed by atoms with van der Waals surface area (Å²) in [5, 5.41) is 10.1. The Bertz CT molecular complexity index is 396. The van der Waals surface area contributed by atoms with Gasteiger partial charge in [-0.15, -0.1) is 0 Å². The van der Waals surface area contributed by atoms with E-state index in [1.54, 1.807) is 0 Å². The van der Waals surface area contributed by atoms with Gasteiger partial charge in [0.15, 0.2) is 0 Å². The Morgan fingerprint density at radius 3 is 2.59 bits per heavy atom. The Hall–Kier alpha value is 0.766. The summed E-state index contributed by atoms with van der Waals surface area (Å²) < 4.78 is 1.07. The van der Waals surface area contributed by atoms with Gasteiger partial charge in [-0.25, -0.2) is 5.06 Å². The maximum atomic E-state index is 10.9. The van der Waals surface area contributed by atoms with E-state index in [0.717, 1.165) is 16.0 Å². The molecule has 0 aliphatic heterocycles. The second kappa shape index (κ2) is 6.79. The molecule has 2 atom stereocenters. The van der Waals surface area contributed by atoms with Gasteiger partial charge in [-0.1, -0.05) is 28.1 Å². The minimum absolute atomic E-state index is 0. The summed E-state index contributed by atoms with van der Waals surface area (Å²) in [5.74, 6) is 0.596. The van der Waals surface area contributed by atoms with E-state index in [4.69, 9.17) is 0 Å². The summed E-state index contributed by atoms with van der Waals surface area (Å²) in [6, 6.07) is 8.22. The first-order valence-corrected chi connectivity index (χ1v) is 6.09. The molecule has 1 N–H and O–H groups in total. The van der Waals surface area contributed by atoms with Gasteiger partial charge in [0, 0.05) is 11.4 Å². The quantitative estimate of drug-likeness (QED) is 0.526. The Balaban J connectivity index is 0.00000144. The molecule has 0 spiro atoms. The van der Waals surface area contributed by atoms with Gasteiger partial charge in [0.2, 0.25) is 5.91 Å². The number of rotatable bonds is 3. The molecular weight excluding hydrogens is 309 g/mol. The molecule has 1 amide bonds. The fourth-order valence-electron chi connectivity index (χ4n) is 1.92. The zero-order valence-electron chi connectivity index (χ0n) is 9.06. The van der Waals surface area contributed by atoms with Crippen molar-refractivity contribution in [2.24, 2.45) is 5.92 Å². The summed E-state index contributed by atoms with van der Waals surface area (Å²) in [4.78, 5) is 10.9. The summed E-state index contributed by atoms with van der Waals surface area (Å²) in [6.07, 6.45) is 1.05. The Labute approximate surface area is 152 Å². The van der Waals surface area contributed by atoms with Gasteiger partial charge in [0.05, 0.1) is 6.54 Å². The number of halogens is 1. The Morgan fingerprint density at radius 1 is 1.47 bits per heavy atom. The predicted octanol–water partition coefficient (Wildman–Crippen LogP) is 2.14. The molecule has 0 radical (unpaired) electrons. The molecule has 0 saturated heterocycles. The van der Waals surface area contributed by atoms with Crippen molar-refractivity contribution >= 4 is 73.2 Å². The monoisotopic (exact) mass is 323 g/mol. The van der Waals surface area contributed by atoms with Crippen LogP contribution in [0.2, 0.25) is 0 Å². The topological polar surface area (TPSA) is 40.5 Å². The number of amides is 1. The maximum absolute atomic E-state index is 10.9. The fraction of sp³-hybridized carbons (Fsp3) is 0.417. The number of benzene rings is 1. The van der Waals surface area contributed by atoms with Crippen molar-refractivity contribution < 1.29 is 10.0 Å². The molecule has 1 aromatic rings. The van der Waals surface area contributed by atoms with Gasteiger partial charge in [-0.3, -0.25) is 10.0 Å². The van der Waals surface area contributed by atoms with Crippen LogP contribution < -0.4 is 0 Å². The second-order valence-corrected chi connectivity index (χ2v) is 5.17.